The summed E-state index contributed by atoms with van der Waals surface area (Å²) >= 11 is 0. The molecule has 3 rings (SSSR count). The van der Waals surface area contributed by atoms with Crippen LogP contribution in [0, 0.1) is 5.92 Å². The summed E-state index contributed by atoms with van der Waals surface area (Å²) in [5.41, 5.74) is 1.52. The van der Waals surface area contributed by atoms with E-state index in [-0.39, 0.29) is 6.42 Å². The molecule has 0 saturated carbocycles. The fraction of sp³-hybridized carbons (Fsp3) is 0.794. The lowest BCUT2D eigenvalue weighted by molar-refractivity contribution is -0.567. The van der Waals surface area contributed by atoms with E-state index in [9.17, 15) is 100 Å². The van der Waals surface area contributed by atoms with E-state index in [0.717, 1.165) is 11.8 Å². The maximum Gasteiger partial charge on any atom is 0.385 e. The first kappa shape index (κ1) is 56.6. The van der Waals surface area contributed by atoms with Crippen molar-refractivity contribution in [3.63, 3.8) is 0 Å². The molecule has 7 atom stereocenters. The molecule has 1 aromatic rings. The number of nitrogens with zero attached hydrogens (tertiary/aromatic N) is 2. The number of rotatable bonds is 17. The number of benzene rings is 1. The van der Waals surface area contributed by atoms with Crippen LogP contribution in [-0.2, 0) is 20.8 Å². The molecular weight excluding hydrogens is 836 g/mol. The van der Waals surface area contributed by atoms with Gasteiger partial charge < -0.3 is 91.5 Å². The zero-order chi connectivity index (χ0) is 48.2. The second-order valence-electron chi connectivity index (χ2n) is 14.3. The topological polar surface area (TPSA) is 422 Å². The molecule has 61 heavy (non-hydrogen) atoms. The van der Waals surface area contributed by atoms with Gasteiger partial charge in [0.15, 0.2) is 6.17 Å². The summed E-state index contributed by atoms with van der Waals surface area (Å²) in [5.74, 6) is -39.4. The third kappa shape index (κ3) is 11.1. The van der Waals surface area contributed by atoms with Crippen molar-refractivity contribution in [2.75, 3.05) is 6.54 Å². The van der Waals surface area contributed by atoms with Crippen LogP contribution >= 0.6 is 0 Å². The van der Waals surface area contributed by atoms with Crippen LogP contribution in [0.4, 0.5) is 8.78 Å². The van der Waals surface area contributed by atoms with Gasteiger partial charge in [-0.05, 0) is 31.7 Å². The van der Waals surface area contributed by atoms with Gasteiger partial charge in [-0.25, -0.2) is 26.1 Å². The quantitative estimate of drug-likeness (QED) is 0.0510. The lowest BCUT2D eigenvalue weighted by atomic mass is 9.88. The second-order valence-corrected chi connectivity index (χ2v) is 14.3. The van der Waals surface area contributed by atoms with E-state index in [1.807, 2.05) is 38.5 Å². The average Bonchev–Trinajstić information content (AvgIpc) is 3.63. The summed E-state index contributed by atoms with van der Waals surface area (Å²) in [6, 6.07) is 5.32. The summed E-state index contributed by atoms with van der Waals surface area (Å²) in [4.78, 5) is 20.0. The summed E-state index contributed by atoms with van der Waals surface area (Å²) in [7, 11) is 0. The Morgan fingerprint density at radius 1 is 0.852 bits per heavy atom. The Morgan fingerprint density at radius 3 is 1.77 bits per heavy atom. The minimum absolute atomic E-state index is 0.164. The molecule has 2 aliphatic heterocycles. The Labute approximate surface area is 348 Å². The highest BCUT2D eigenvalue weighted by Crippen LogP contribution is 2.48. The number of nitrogens with one attached hydrogen (secondary N) is 3. The van der Waals surface area contributed by atoms with Crippen LogP contribution in [0.25, 0.3) is 0 Å². The van der Waals surface area contributed by atoms with Gasteiger partial charge in [-0.2, -0.15) is 8.78 Å². The molecule has 0 aliphatic carbocycles. The van der Waals surface area contributed by atoms with E-state index in [1.165, 1.54) is 12.4 Å². The minimum Gasteiger partial charge on any atom is -0.373 e. The zero-order valence-electron chi connectivity index (χ0n) is 34.7. The van der Waals surface area contributed by atoms with Crippen LogP contribution in [0.15, 0.2) is 30.3 Å². The van der Waals surface area contributed by atoms with Crippen LogP contribution in [-0.4, -0.2) is 192 Å². The van der Waals surface area contributed by atoms with Gasteiger partial charge in [-0.3, -0.25) is 9.69 Å². The van der Waals surface area contributed by atoms with Gasteiger partial charge in [0, 0.05) is 25.0 Å². The minimum atomic E-state index is -5.68. The number of hydrogen-bond acceptors (Lipinski definition) is 24. The number of amides is 1. The maximum atomic E-state index is 14.4. The van der Waals surface area contributed by atoms with Gasteiger partial charge >= 0.3 is 29.8 Å². The molecule has 2 saturated heterocycles. The first-order chi connectivity index (χ1) is 27.6. The first-order valence-corrected chi connectivity index (χ1v) is 19.0. The molecule has 20 N–H and O–H groups in total. The SMILES string of the molecule is CC.CC.CC[C@H](C)C(C)N(CC(C)N1C(C(O)(O)O)NNC1C(O)(C(O)(O)O)C(O)(O)O)C(O)(CCc1ccccc1)ONC(=O)C1OC(O)(O)C(F)(F)C(O)(O)C1(O)O. The van der Waals surface area contributed by atoms with Gasteiger partial charge in [0.2, 0.25) is 6.10 Å². The number of carbonyl (C=O) groups excluding carboxylic acids is 1. The molecule has 2 fully saturated rings. The fourth-order valence-electron chi connectivity index (χ4n) is 6.42. The summed E-state index contributed by atoms with van der Waals surface area (Å²) < 4.78 is 32.9. The standard InChI is InChI=1S/C30H51F2N5O20.2C2H6/c1-5-14(2)16(4)36(13-15(3)37-20(33-34-21(37)25(43,44)45)23(40,28(48,49)50)29(51,52)53)22(39,12-11-17-9-7-6-8-10-17)57-35-19(38)18-24(41,42)27(46,47)26(31,32)30(54,55)56-18;2*1-2/h6-10,14-16,18,20-21,33-34,39-55H,5,11-13H2,1-4H3,(H,35,38);2*1-2H3/t14-,15?,16?,18?,20?,21?,22?;;/m0../s1. The number of hydroxylamine groups is 1. The lowest BCUT2D eigenvalue weighted by Crippen LogP contribution is -2.83. The Balaban J connectivity index is 0.00000451. The number of ether oxygens (including phenoxy) is 1. The van der Waals surface area contributed by atoms with Crippen molar-refractivity contribution in [1.29, 1.82) is 0 Å². The molecule has 25 nitrogen and oxygen atoms in total. The molecule has 0 radical (unpaired) electrons. The van der Waals surface area contributed by atoms with E-state index in [4.69, 9.17) is 4.84 Å². The number of hydrogen-bond donors (Lipinski definition) is 20. The number of hydrazine groups is 1. The monoisotopic (exact) mass is 899 g/mol. The highest BCUT2D eigenvalue weighted by Gasteiger charge is 2.82. The van der Waals surface area contributed by atoms with E-state index >= 15 is 0 Å². The molecule has 0 bridgehead atoms. The largest absolute Gasteiger partial charge is 0.385 e. The Bertz CT molecular complexity index is 1520. The number of halogens is 2. The average molecular weight is 900 g/mol. The van der Waals surface area contributed by atoms with Gasteiger partial charge in [-0.1, -0.05) is 78.3 Å². The normalized spacial score (nSPS) is 25.2. The number of carbonyl (C=O) groups is 1. The molecular formula is C34H63F2N5O20. The maximum absolute atomic E-state index is 14.4. The first-order valence-electron chi connectivity index (χ1n) is 19.0. The Morgan fingerprint density at radius 2 is 1.33 bits per heavy atom. The molecule has 0 aromatic heterocycles. The van der Waals surface area contributed by atoms with E-state index in [0.29, 0.717) is 16.9 Å². The van der Waals surface area contributed by atoms with Crippen molar-refractivity contribution in [3.8, 4) is 0 Å². The number of aliphatic hydroxyl groups is 17. The smallest absolute Gasteiger partial charge is 0.373 e. The lowest BCUT2D eigenvalue weighted by Gasteiger charge is -2.51. The third-order valence-electron chi connectivity index (χ3n) is 10.3. The molecule has 6 unspecified atom stereocenters. The molecule has 1 amide bonds. The van der Waals surface area contributed by atoms with Crippen LogP contribution in [0.5, 0.6) is 0 Å². The molecule has 2 heterocycles. The molecule has 358 valence electrons. The van der Waals surface area contributed by atoms with Gasteiger partial charge in [0.25, 0.3) is 29.0 Å². The molecule has 1 aromatic carbocycles. The highest BCUT2D eigenvalue weighted by molar-refractivity contribution is 5.81. The van der Waals surface area contributed by atoms with Crippen molar-refractivity contribution < 1.29 is 110 Å². The van der Waals surface area contributed by atoms with E-state index in [1.54, 1.807) is 44.2 Å². The molecule has 27 heteroatoms. The Kier molecular flexibility index (Phi) is 18.8. The van der Waals surface area contributed by atoms with E-state index in [2.05, 4.69) is 4.74 Å². The van der Waals surface area contributed by atoms with Gasteiger partial charge in [0.1, 0.15) is 6.17 Å². The highest BCUT2D eigenvalue weighted by atomic mass is 19.3. The fourth-order valence-corrected chi connectivity index (χ4v) is 6.42. The van der Waals surface area contributed by atoms with Crippen LogP contribution in [0.1, 0.15) is 73.8 Å². The van der Waals surface area contributed by atoms with E-state index < -0.39 is 108 Å². The second kappa shape index (κ2) is 20.2. The van der Waals surface area contributed by atoms with Gasteiger partial charge in [-0.15, -0.1) is 0 Å². The third-order valence-corrected chi connectivity index (χ3v) is 10.3. The predicted octanol–water partition coefficient (Wildman–Crippen LogP) is -6.79. The summed E-state index contributed by atoms with van der Waals surface area (Å²) in [6.07, 6.45) is -8.95. The van der Waals surface area contributed by atoms with Crippen LogP contribution in [0.2, 0.25) is 0 Å². The van der Waals surface area contributed by atoms with Gasteiger partial charge in [0.05, 0.1) is 0 Å². The van der Waals surface area contributed by atoms with Crippen molar-refractivity contribution in [3.05, 3.63) is 35.9 Å². The Hall–Kier alpha value is -2.37. The molecule has 0 spiro atoms. The number of aryl methyl sites for hydroxylation is 1. The van der Waals surface area contributed by atoms with Crippen molar-refractivity contribution in [2.45, 2.75) is 158 Å². The predicted molar refractivity (Wildman–Crippen MR) is 197 cm³/mol. The summed E-state index contributed by atoms with van der Waals surface area (Å²) in [6.45, 7) is 13.1. The van der Waals surface area contributed by atoms with Crippen molar-refractivity contribution in [1.82, 2.24) is 26.1 Å². The van der Waals surface area contributed by atoms with Crippen molar-refractivity contribution in [2.24, 2.45) is 5.92 Å². The van der Waals surface area contributed by atoms with Crippen LogP contribution in [0.3, 0.4) is 0 Å². The zero-order valence-corrected chi connectivity index (χ0v) is 34.7. The van der Waals surface area contributed by atoms with Crippen LogP contribution < -0.4 is 16.3 Å². The summed E-state index contributed by atoms with van der Waals surface area (Å²) in [5, 5.41) is 174. The molecule has 2 aliphatic rings. The number of alkyl halides is 2. The van der Waals surface area contributed by atoms with Crippen molar-refractivity contribution >= 4 is 5.91 Å².